The molecule has 0 saturated heterocycles. The van der Waals surface area contributed by atoms with E-state index in [4.69, 9.17) is 9.47 Å². The van der Waals surface area contributed by atoms with Crippen LogP contribution in [0.3, 0.4) is 0 Å². The van der Waals surface area contributed by atoms with Crippen LogP contribution in [0.2, 0.25) is 0 Å². The second-order valence-corrected chi connectivity index (χ2v) is 8.09. The van der Waals surface area contributed by atoms with Crippen LogP contribution in [0.1, 0.15) is 58.6 Å². The van der Waals surface area contributed by atoms with Crippen LogP contribution >= 0.6 is 0 Å². The smallest absolute Gasteiger partial charge is 0.333 e. The lowest BCUT2D eigenvalue weighted by Gasteiger charge is -2.32. The molecule has 1 atom stereocenters. The minimum atomic E-state index is -0.502. The Morgan fingerprint density at radius 3 is 2.37 bits per heavy atom. The summed E-state index contributed by atoms with van der Waals surface area (Å²) < 4.78 is 11.9. The highest BCUT2D eigenvalue weighted by atomic mass is 16.6. The Hall–Kier alpha value is -2.65. The zero-order chi connectivity index (χ0) is 21.7. The SMILES string of the molecule is C=C(C)C(=O)OC(CC)(CC)CCOC(C)c1ccc2c(ccc3ccccc32)c1. The number of carbonyl (C=O) groups excluding carboxylic acids is 1. The first-order chi connectivity index (χ1) is 14.4. The fourth-order valence-corrected chi connectivity index (χ4v) is 3.89. The molecule has 3 aromatic rings. The lowest BCUT2D eigenvalue weighted by atomic mass is 9.93. The maximum Gasteiger partial charge on any atom is 0.333 e. The molecule has 0 radical (unpaired) electrons. The van der Waals surface area contributed by atoms with Crippen molar-refractivity contribution in [3.8, 4) is 0 Å². The molecule has 3 nitrogen and oxygen atoms in total. The third kappa shape index (κ3) is 4.73. The van der Waals surface area contributed by atoms with Crippen LogP contribution in [0.5, 0.6) is 0 Å². The molecule has 1 unspecified atom stereocenters. The van der Waals surface area contributed by atoms with E-state index in [2.05, 4.69) is 68.1 Å². The third-order valence-corrected chi connectivity index (χ3v) is 6.11. The molecule has 3 aromatic carbocycles. The van der Waals surface area contributed by atoms with Gasteiger partial charge in [0.2, 0.25) is 0 Å². The summed E-state index contributed by atoms with van der Waals surface area (Å²) in [5.74, 6) is -0.325. The number of benzene rings is 3. The first-order valence-corrected chi connectivity index (χ1v) is 10.8. The standard InChI is InChI=1S/C27H32O3/c1-6-27(7-2,30-26(28)19(3)4)16-17-29-20(5)22-14-15-25-23(18-22)13-12-21-10-8-9-11-24(21)25/h8-15,18,20H,3,6-7,16-17H2,1-2,4-5H3. The summed E-state index contributed by atoms with van der Waals surface area (Å²) in [5, 5.41) is 4.99. The number of carbonyl (C=O) groups is 1. The summed E-state index contributed by atoms with van der Waals surface area (Å²) >= 11 is 0. The lowest BCUT2D eigenvalue weighted by molar-refractivity contribution is -0.158. The van der Waals surface area contributed by atoms with E-state index >= 15 is 0 Å². The van der Waals surface area contributed by atoms with Crippen LogP contribution in [0.15, 0.2) is 66.7 Å². The minimum absolute atomic E-state index is 0.0378. The van der Waals surface area contributed by atoms with E-state index in [9.17, 15) is 4.79 Å². The number of rotatable bonds is 9. The molecule has 0 saturated carbocycles. The van der Waals surface area contributed by atoms with Crippen LogP contribution in [-0.4, -0.2) is 18.2 Å². The summed E-state index contributed by atoms with van der Waals surface area (Å²) in [6, 6.07) is 19.3. The predicted octanol–water partition coefficient (Wildman–Crippen LogP) is 7.14. The van der Waals surface area contributed by atoms with Gasteiger partial charge in [-0.25, -0.2) is 4.79 Å². The van der Waals surface area contributed by atoms with Gasteiger partial charge in [0.25, 0.3) is 0 Å². The molecule has 0 aliphatic heterocycles. The molecule has 30 heavy (non-hydrogen) atoms. The molecule has 0 N–H and O–H groups in total. The van der Waals surface area contributed by atoms with Crippen molar-refractivity contribution >= 4 is 27.5 Å². The highest BCUT2D eigenvalue weighted by Crippen LogP contribution is 2.30. The fourth-order valence-electron chi connectivity index (χ4n) is 3.89. The van der Waals surface area contributed by atoms with E-state index < -0.39 is 5.60 Å². The second-order valence-electron chi connectivity index (χ2n) is 8.09. The monoisotopic (exact) mass is 404 g/mol. The average molecular weight is 405 g/mol. The molecule has 0 bridgehead atoms. The van der Waals surface area contributed by atoms with Crippen molar-refractivity contribution in [3.63, 3.8) is 0 Å². The van der Waals surface area contributed by atoms with Crippen molar-refractivity contribution in [1.82, 2.24) is 0 Å². The molecule has 0 aromatic heterocycles. The van der Waals surface area contributed by atoms with Gasteiger partial charge in [-0.15, -0.1) is 0 Å². The van der Waals surface area contributed by atoms with E-state index in [-0.39, 0.29) is 12.1 Å². The van der Waals surface area contributed by atoms with Crippen molar-refractivity contribution in [2.75, 3.05) is 6.61 Å². The number of hydrogen-bond donors (Lipinski definition) is 0. The van der Waals surface area contributed by atoms with Crippen molar-refractivity contribution in [2.24, 2.45) is 0 Å². The Balaban J connectivity index is 1.70. The van der Waals surface area contributed by atoms with Gasteiger partial charge in [-0.1, -0.05) is 69.0 Å². The first kappa shape index (κ1) is 22.0. The Kier molecular flexibility index (Phi) is 6.94. The van der Waals surface area contributed by atoms with Crippen LogP contribution < -0.4 is 0 Å². The topological polar surface area (TPSA) is 35.5 Å². The Bertz CT molecular complexity index is 1050. The van der Waals surface area contributed by atoms with E-state index in [0.717, 1.165) is 18.4 Å². The molecule has 3 rings (SSSR count). The molecule has 0 aliphatic rings. The van der Waals surface area contributed by atoms with Crippen molar-refractivity contribution in [3.05, 3.63) is 72.3 Å². The van der Waals surface area contributed by atoms with Crippen LogP contribution in [-0.2, 0) is 14.3 Å². The molecule has 0 heterocycles. The normalized spacial score (nSPS) is 12.8. The van der Waals surface area contributed by atoms with Gasteiger partial charge in [-0.2, -0.15) is 0 Å². The third-order valence-electron chi connectivity index (χ3n) is 6.11. The Morgan fingerprint density at radius 1 is 1.00 bits per heavy atom. The molecule has 3 heteroatoms. The Labute approximate surface area is 179 Å². The predicted molar refractivity (Wildman–Crippen MR) is 125 cm³/mol. The highest BCUT2D eigenvalue weighted by molar-refractivity contribution is 6.07. The van der Waals surface area contributed by atoms with Gasteiger partial charge >= 0.3 is 5.97 Å². The molecule has 0 spiro atoms. The molecular weight excluding hydrogens is 372 g/mol. The van der Waals surface area contributed by atoms with E-state index in [1.807, 2.05) is 13.8 Å². The van der Waals surface area contributed by atoms with Crippen molar-refractivity contribution in [2.45, 2.75) is 58.7 Å². The summed E-state index contributed by atoms with van der Waals surface area (Å²) in [6.07, 6.45) is 2.14. The van der Waals surface area contributed by atoms with Crippen LogP contribution in [0.25, 0.3) is 21.5 Å². The largest absolute Gasteiger partial charge is 0.456 e. The van der Waals surface area contributed by atoms with Gasteiger partial charge in [-0.05, 0) is 59.9 Å². The molecule has 0 aliphatic carbocycles. The molecule has 0 fully saturated rings. The van der Waals surface area contributed by atoms with Gasteiger partial charge < -0.3 is 9.47 Å². The van der Waals surface area contributed by atoms with Gasteiger partial charge in [0.05, 0.1) is 12.7 Å². The molecular formula is C27H32O3. The minimum Gasteiger partial charge on any atom is -0.456 e. The van der Waals surface area contributed by atoms with Gasteiger partial charge in [-0.3, -0.25) is 0 Å². The van der Waals surface area contributed by atoms with Gasteiger partial charge in [0.1, 0.15) is 5.60 Å². The summed E-state index contributed by atoms with van der Waals surface area (Å²) in [4.78, 5) is 12.0. The van der Waals surface area contributed by atoms with Gasteiger partial charge in [0.15, 0.2) is 0 Å². The van der Waals surface area contributed by atoms with E-state index in [0.29, 0.717) is 18.6 Å². The van der Waals surface area contributed by atoms with Gasteiger partial charge in [0, 0.05) is 12.0 Å². The zero-order valence-electron chi connectivity index (χ0n) is 18.5. The van der Waals surface area contributed by atoms with Crippen molar-refractivity contribution in [1.29, 1.82) is 0 Å². The van der Waals surface area contributed by atoms with Crippen LogP contribution in [0.4, 0.5) is 0 Å². The van der Waals surface area contributed by atoms with Crippen LogP contribution in [0, 0.1) is 0 Å². The van der Waals surface area contributed by atoms with E-state index in [1.54, 1.807) is 6.92 Å². The Morgan fingerprint density at radius 2 is 1.67 bits per heavy atom. The van der Waals surface area contributed by atoms with E-state index in [1.165, 1.54) is 21.5 Å². The molecule has 158 valence electrons. The summed E-state index contributed by atoms with van der Waals surface area (Å²) in [5.41, 5.74) is 1.08. The highest BCUT2D eigenvalue weighted by Gasteiger charge is 2.30. The second kappa shape index (κ2) is 9.44. The maximum atomic E-state index is 12.0. The molecule has 0 amide bonds. The van der Waals surface area contributed by atoms with Crippen molar-refractivity contribution < 1.29 is 14.3 Å². The fraction of sp³-hybridized carbons (Fsp3) is 0.370. The number of ether oxygens (including phenoxy) is 2. The number of hydrogen-bond acceptors (Lipinski definition) is 3. The average Bonchev–Trinajstić information content (AvgIpc) is 2.77. The number of fused-ring (bicyclic) bond motifs is 3. The zero-order valence-corrected chi connectivity index (χ0v) is 18.5. The number of esters is 1. The summed E-state index contributed by atoms with van der Waals surface area (Å²) in [7, 11) is 0. The summed E-state index contributed by atoms with van der Waals surface area (Å²) in [6.45, 7) is 12.1. The maximum absolute atomic E-state index is 12.0. The first-order valence-electron chi connectivity index (χ1n) is 10.8. The quantitative estimate of drug-likeness (QED) is 0.216. The lowest BCUT2D eigenvalue weighted by Crippen LogP contribution is -2.35.